The molecule has 2 N–H and O–H groups in total. The summed E-state index contributed by atoms with van der Waals surface area (Å²) in [6, 6.07) is 1.58. The van der Waals surface area contributed by atoms with Crippen LogP contribution in [0.15, 0.2) is 10.5 Å². The third-order valence-electron chi connectivity index (χ3n) is 3.43. The van der Waals surface area contributed by atoms with Crippen molar-refractivity contribution in [1.82, 2.24) is 10.2 Å². The Kier molecular flexibility index (Phi) is 3.90. The van der Waals surface area contributed by atoms with Crippen molar-refractivity contribution in [2.75, 3.05) is 13.6 Å². The van der Waals surface area contributed by atoms with E-state index in [0.29, 0.717) is 17.9 Å². The largest absolute Gasteiger partial charge is 0.475 e. The highest BCUT2D eigenvalue weighted by molar-refractivity contribution is 5.86. The SMILES string of the molecule is CNC(=O)C1CCCN1Cc1cc(C)c(C(=O)O)o1. The summed E-state index contributed by atoms with van der Waals surface area (Å²) >= 11 is 0. The van der Waals surface area contributed by atoms with E-state index < -0.39 is 5.97 Å². The number of nitrogens with zero attached hydrogens (tertiary/aromatic N) is 1. The van der Waals surface area contributed by atoms with Gasteiger partial charge in [-0.25, -0.2) is 4.79 Å². The molecule has 6 heteroatoms. The Morgan fingerprint density at radius 2 is 2.32 bits per heavy atom. The maximum atomic E-state index is 11.7. The van der Waals surface area contributed by atoms with Crippen molar-refractivity contribution >= 4 is 11.9 Å². The maximum Gasteiger partial charge on any atom is 0.372 e. The number of furan rings is 1. The van der Waals surface area contributed by atoms with Gasteiger partial charge in [-0.15, -0.1) is 0 Å². The Bertz CT molecular complexity index is 495. The number of carboxylic acids is 1. The van der Waals surface area contributed by atoms with E-state index in [4.69, 9.17) is 9.52 Å². The van der Waals surface area contributed by atoms with Gasteiger partial charge in [0.1, 0.15) is 5.76 Å². The van der Waals surface area contributed by atoms with Gasteiger partial charge < -0.3 is 14.8 Å². The molecule has 1 aliphatic heterocycles. The van der Waals surface area contributed by atoms with Crippen molar-refractivity contribution in [3.63, 3.8) is 0 Å². The highest BCUT2D eigenvalue weighted by Gasteiger charge is 2.30. The van der Waals surface area contributed by atoms with E-state index in [2.05, 4.69) is 5.32 Å². The smallest absolute Gasteiger partial charge is 0.372 e. The second kappa shape index (κ2) is 5.44. The van der Waals surface area contributed by atoms with Crippen LogP contribution in [-0.2, 0) is 11.3 Å². The summed E-state index contributed by atoms with van der Waals surface area (Å²) in [6.45, 7) is 2.99. The summed E-state index contributed by atoms with van der Waals surface area (Å²) in [4.78, 5) is 24.7. The Balaban J connectivity index is 2.10. The van der Waals surface area contributed by atoms with Crippen LogP contribution in [0.2, 0.25) is 0 Å². The van der Waals surface area contributed by atoms with Gasteiger partial charge in [-0.05, 0) is 32.4 Å². The minimum Gasteiger partial charge on any atom is -0.475 e. The van der Waals surface area contributed by atoms with Crippen LogP contribution in [-0.4, -0.2) is 41.5 Å². The van der Waals surface area contributed by atoms with Gasteiger partial charge in [0.05, 0.1) is 12.6 Å². The molecule has 1 aliphatic rings. The maximum absolute atomic E-state index is 11.7. The number of aromatic carboxylic acids is 1. The van der Waals surface area contributed by atoms with Crippen molar-refractivity contribution in [3.8, 4) is 0 Å². The van der Waals surface area contributed by atoms with Crippen molar-refractivity contribution in [1.29, 1.82) is 0 Å². The molecule has 1 amide bonds. The number of aryl methyl sites for hydroxylation is 1. The minimum atomic E-state index is -1.06. The Morgan fingerprint density at radius 3 is 2.89 bits per heavy atom. The van der Waals surface area contributed by atoms with Crippen molar-refractivity contribution in [2.45, 2.75) is 32.4 Å². The number of carbonyl (C=O) groups is 2. The summed E-state index contributed by atoms with van der Waals surface area (Å²) in [5.41, 5.74) is 0.609. The molecule has 0 saturated carbocycles. The predicted octanol–water partition coefficient (Wildman–Crippen LogP) is 0.997. The molecule has 1 atom stereocenters. The molecule has 0 aromatic carbocycles. The highest BCUT2D eigenvalue weighted by Crippen LogP contribution is 2.22. The van der Waals surface area contributed by atoms with Gasteiger partial charge in [0, 0.05) is 12.6 Å². The topological polar surface area (TPSA) is 82.8 Å². The number of carboxylic acid groups (broad SMARTS) is 1. The average Bonchev–Trinajstić information content (AvgIpc) is 2.95. The summed E-state index contributed by atoms with van der Waals surface area (Å²) in [7, 11) is 1.62. The van der Waals surface area contributed by atoms with Crippen LogP contribution in [0.25, 0.3) is 0 Å². The normalized spacial score (nSPS) is 19.6. The molecule has 6 nitrogen and oxygen atoms in total. The Morgan fingerprint density at radius 1 is 1.58 bits per heavy atom. The summed E-state index contributed by atoms with van der Waals surface area (Å²) in [6.07, 6.45) is 1.79. The monoisotopic (exact) mass is 266 g/mol. The molecule has 0 radical (unpaired) electrons. The molecule has 1 fully saturated rings. The van der Waals surface area contributed by atoms with Gasteiger partial charge in [0.2, 0.25) is 11.7 Å². The zero-order valence-electron chi connectivity index (χ0n) is 11.1. The van der Waals surface area contributed by atoms with Gasteiger partial charge >= 0.3 is 5.97 Å². The molecule has 0 spiro atoms. The van der Waals surface area contributed by atoms with Crippen LogP contribution < -0.4 is 5.32 Å². The average molecular weight is 266 g/mol. The van der Waals surface area contributed by atoms with E-state index in [1.165, 1.54) is 0 Å². The Hall–Kier alpha value is -1.82. The first-order chi connectivity index (χ1) is 9.02. The zero-order chi connectivity index (χ0) is 14.0. The molecular weight excluding hydrogens is 248 g/mol. The molecule has 104 valence electrons. The zero-order valence-corrected chi connectivity index (χ0v) is 11.1. The molecule has 0 aliphatic carbocycles. The standard InChI is InChI=1S/C13H18N2O4/c1-8-6-9(19-11(8)13(17)18)7-15-5-3-4-10(15)12(16)14-2/h6,10H,3-5,7H2,1-2H3,(H,14,16)(H,17,18). The van der Waals surface area contributed by atoms with Crippen LogP contribution in [0.3, 0.4) is 0 Å². The lowest BCUT2D eigenvalue weighted by Crippen LogP contribution is -2.41. The van der Waals surface area contributed by atoms with Crippen LogP contribution in [0.4, 0.5) is 0 Å². The lowest BCUT2D eigenvalue weighted by Gasteiger charge is -2.21. The summed E-state index contributed by atoms with van der Waals surface area (Å²) in [5, 5.41) is 11.6. The number of likely N-dealkylation sites (tertiary alicyclic amines) is 1. The fourth-order valence-electron chi connectivity index (χ4n) is 2.52. The van der Waals surface area contributed by atoms with Gasteiger partial charge in [0.15, 0.2) is 0 Å². The van der Waals surface area contributed by atoms with Gasteiger partial charge in [-0.3, -0.25) is 9.69 Å². The summed E-state index contributed by atoms with van der Waals surface area (Å²) in [5.74, 6) is -0.497. The van der Waals surface area contributed by atoms with Gasteiger partial charge in [0.25, 0.3) is 0 Å². The number of carbonyl (C=O) groups excluding carboxylic acids is 1. The van der Waals surface area contributed by atoms with Crippen molar-refractivity contribution < 1.29 is 19.1 Å². The number of hydrogen-bond donors (Lipinski definition) is 2. The predicted molar refractivity (Wildman–Crippen MR) is 67.9 cm³/mol. The lowest BCUT2D eigenvalue weighted by molar-refractivity contribution is -0.125. The van der Waals surface area contributed by atoms with Crippen LogP contribution >= 0.6 is 0 Å². The van der Waals surface area contributed by atoms with Crippen molar-refractivity contribution in [3.05, 3.63) is 23.2 Å². The number of amides is 1. The van der Waals surface area contributed by atoms with E-state index in [1.807, 2.05) is 4.90 Å². The number of nitrogens with one attached hydrogen (secondary N) is 1. The lowest BCUT2D eigenvalue weighted by atomic mass is 10.2. The Labute approximate surface area is 111 Å². The van der Waals surface area contributed by atoms with Crippen LogP contribution in [0.5, 0.6) is 0 Å². The first-order valence-electron chi connectivity index (χ1n) is 6.31. The van der Waals surface area contributed by atoms with E-state index in [0.717, 1.165) is 19.4 Å². The third kappa shape index (κ3) is 2.78. The quantitative estimate of drug-likeness (QED) is 0.849. The van der Waals surface area contributed by atoms with E-state index in [1.54, 1.807) is 20.0 Å². The molecule has 0 bridgehead atoms. The highest BCUT2D eigenvalue weighted by atomic mass is 16.4. The number of rotatable bonds is 4. The third-order valence-corrected chi connectivity index (χ3v) is 3.43. The molecule has 1 aromatic rings. The molecule has 19 heavy (non-hydrogen) atoms. The number of likely N-dealkylation sites (N-methyl/N-ethyl adjacent to an activating group) is 1. The summed E-state index contributed by atoms with van der Waals surface area (Å²) < 4.78 is 5.33. The minimum absolute atomic E-state index is 0.000707. The molecule has 2 rings (SSSR count). The molecule has 1 unspecified atom stereocenters. The fourth-order valence-corrected chi connectivity index (χ4v) is 2.52. The van der Waals surface area contributed by atoms with E-state index in [9.17, 15) is 9.59 Å². The van der Waals surface area contributed by atoms with Crippen LogP contribution in [0, 0.1) is 6.92 Å². The van der Waals surface area contributed by atoms with Gasteiger partial charge in [-0.1, -0.05) is 0 Å². The van der Waals surface area contributed by atoms with E-state index >= 15 is 0 Å². The van der Waals surface area contributed by atoms with Crippen molar-refractivity contribution in [2.24, 2.45) is 0 Å². The second-order valence-corrected chi connectivity index (χ2v) is 4.77. The fraction of sp³-hybridized carbons (Fsp3) is 0.538. The molecular formula is C13H18N2O4. The molecule has 1 aromatic heterocycles. The van der Waals surface area contributed by atoms with Crippen LogP contribution in [0.1, 0.15) is 34.7 Å². The molecule has 2 heterocycles. The van der Waals surface area contributed by atoms with E-state index in [-0.39, 0.29) is 17.7 Å². The number of hydrogen-bond acceptors (Lipinski definition) is 4. The first-order valence-corrected chi connectivity index (χ1v) is 6.31. The molecule has 1 saturated heterocycles. The van der Waals surface area contributed by atoms with Gasteiger partial charge in [-0.2, -0.15) is 0 Å². The first kappa shape index (κ1) is 13.6. The second-order valence-electron chi connectivity index (χ2n) is 4.77.